The Hall–Kier alpha value is -2.13. The maximum Gasteiger partial charge on any atom is 0.240 e. The van der Waals surface area contributed by atoms with Crippen LogP contribution in [0, 0.1) is 6.92 Å². The van der Waals surface area contributed by atoms with Gasteiger partial charge < -0.3 is 10.2 Å². The van der Waals surface area contributed by atoms with Crippen LogP contribution in [-0.4, -0.2) is 58.5 Å². The van der Waals surface area contributed by atoms with Gasteiger partial charge in [-0.05, 0) is 67.9 Å². The summed E-state index contributed by atoms with van der Waals surface area (Å²) in [6.45, 7) is 8.13. The summed E-state index contributed by atoms with van der Waals surface area (Å²) in [6, 6.07) is 12.7. The highest BCUT2D eigenvalue weighted by Crippen LogP contribution is 2.21. The van der Waals surface area contributed by atoms with Crippen molar-refractivity contribution >= 4 is 38.9 Å². The van der Waals surface area contributed by atoms with E-state index < -0.39 is 10.0 Å². The van der Waals surface area contributed by atoms with E-state index in [0.29, 0.717) is 17.8 Å². The molecule has 0 aromatic heterocycles. The molecule has 2 aromatic carbocycles. The molecule has 0 saturated carbocycles. The van der Waals surface area contributed by atoms with Crippen LogP contribution in [-0.2, 0) is 14.8 Å². The average Bonchev–Trinajstić information content (AvgIpc) is 2.72. The number of benzene rings is 2. The molecule has 1 heterocycles. The van der Waals surface area contributed by atoms with Gasteiger partial charge in [-0.15, -0.1) is 0 Å². The minimum Gasteiger partial charge on any atom is -0.369 e. The number of anilines is 2. The molecule has 1 fully saturated rings. The number of hydrogen-bond acceptors (Lipinski definition) is 5. The number of aryl methyl sites for hydroxylation is 1. The van der Waals surface area contributed by atoms with Crippen molar-refractivity contribution in [3.05, 3.63) is 53.1 Å². The fourth-order valence-electron chi connectivity index (χ4n) is 3.70. The number of nitrogens with one attached hydrogen (secondary N) is 2. The number of rotatable bonds is 8. The highest BCUT2D eigenvalue weighted by molar-refractivity contribution is 7.89. The molecule has 0 atom stereocenters. The van der Waals surface area contributed by atoms with Crippen LogP contribution in [0.2, 0.25) is 5.02 Å². The summed E-state index contributed by atoms with van der Waals surface area (Å²) in [4.78, 5) is 16.1. The summed E-state index contributed by atoms with van der Waals surface area (Å²) in [5.41, 5.74) is 2.36. The molecule has 0 radical (unpaired) electrons. The van der Waals surface area contributed by atoms with Crippen molar-refractivity contribution in [1.29, 1.82) is 0 Å². The molecule has 1 aliphatic heterocycles. The van der Waals surface area contributed by atoms with Crippen LogP contribution in [0.4, 0.5) is 11.4 Å². The van der Waals surface area contributed by atoms with Crippen LogP contribution in [0.3, 0.4) is 0 Å². The van der Waals surface area contributed by atoms with E-state index in [0.717, 1.165) is 44.2 Å². The van der Waals surface area contributed by atoms with Crippen LogP contribution in [0.1, 0.15) is 18.9 Å². The fourth-order valence-corrected chi connectivity index (χ4v) is 5.13. The van der Waals surface area contributed by atoms with Gasteiger partial charge in [-0.2, -0.15) is 0 Å². The predicted octanol–water partition coefficient (Wildman–Crippen LogP) is 3.10. The number of halogens is 1. The summed E-state index contributed by atoms with van der Waals surface area (Å²) < 4.78 is 28.0. The monoisotopic (exact) mass is 464 g/mol. The van der Waals surface area contributed by atoms with Crippen molar-refractivity contribution in [3.63, 3.8) is 0 Å². The van der Waals surface area contributed by atoms with Gasteiger partial charge in [-0.3, -0.25) is 9.69 Å². The molecule has 7 nitrogen and oxygen atoms in total. The van der Waals surface area contributed by atoms with Gasteiger partial charge in [0, 0.05) is 56.0 Å². The Balaban J connectivity index is 1.43. The third-order valence-corrected chi connectivity index (χ3v) is 7.17. The Morgan fingerprint density at radius 1 is 1.06 bits per heavy atom. The first-order valence-electron chi connectivity index (χ1n) is 10.4. The minimum atomic E-state index is -3.59. The second-order valence-corrected chi connectivity index (χ2v) is 9.89. The van der Waals surface area contributed by atoms with Crippen molar-refractivity contribution in [3.8, 4) is 0 Å². The zero-order valence-corrected chi connectivity index (χ0v) is 19.5. The first-order chi connectivity index (χ1) is 14.7. The van der Waals surface area contributed by atoms with E-state index >= 15 is 0 Å². The maximum atomic E-state index is 12.6. The predicted molar refractivity (Wildman–Crippen MR) is 125 cm³/mol. The van der Waals surface area contributed by atoms with Crippen molar-refractivity contribution in [2.24, 2.45) is 0 Å². The largest absolute Gasteiger partial charge is 0.369 e. The Kier molecular flexibility index (Phi) is 7.94. The molecule has 168 valence electrons. The molecule has 0 bridgehead atoms. The van der Waals surface area contributed by atoms with Crippen molar-refractivity contribution in [2.75, 3.05) is 49.5 Å². The van der Waals surface area contributed by atoms with E-state index in [1.165, 1.54) is 18.7 Å². The van der Waals surface area contributed by atoms with Gasteiger partial charge in [0.2, 0.25) is 15.9 Å². The molecule has 0 spiro atoms. The van der Waals surface area contributed by atoms with Crippen LogP contribution in [0.25, 0.3) is 0 Å². The quantitative estimate of drug-likeness (QED) is 0.587. The Bertz CT molecular complexity index is 1000. The van der Waals surface area contributed by atoms with Gasteiger partial charge in [-0.1, -0.05) is 11.6 Å². The second kappa shape index (κ2) is 10.5. The third-order valence-electron chi connectivity index (χ3n) is 5.29. The van der Waals surface area contributed by atoms with Crippen LogP contribution >= 0.6 is 11.6 Å². The number of amides is 1. The third kappa shape index (κ3) is 6.67. The highest BCUT2D eigenvalue weighted by Gasteiger charge is 2.19. The fraction of sp³-hybridized carbons (Fsp3) is 0.409. The normalized spacial score (nSPS) is 15.1. The zero-order chi connectivity index (χ0) is 22.4. The van der Waals surface area contributed by atoms with E-state index in [4.69, 9.17) is 11.6 Å². The summed E-state index contributed by atoms with van der Waals surface area (Å²) >= 11 is 5.96. The average molecular weight is 465 g/mol. The number of carbonyl (C=O) groups excluding carboxylic acids is 1. The van der Waals surface area contributed by atoms with Gasteiger partial charge in [0.1, 0.15) is 0 Å². The summed E-state index contributed by atoms with van der Waals surface area (Å²) in [7, 11) is -3.59. The van der Waals surface area contributed by atoms with E-state index in [9.17, 15) is 13.2 Å². The number of carbonyl (C=O) groups is 1. The smallest absolute Gasteiger partial charge is 0.240 e. The molecular weight excluding hydrogens is 436 g/mol. The Morgan fingerprint density at radius 3 is 2.35 bits per heavy atom. The molecule has 9 heteroatoms. The lowest BCUT2D eigenvalue weighted by molar-refractivity contribution is -0.114. The van der Waals surface area contributed by atoms with E-state index in [2.05, 4.69) is 19.8 Å². The topological polar surface area (TPSA) is 81.7 Å². The molecule has 1 saturated heterocycles. The van der Waals surface area contributed by atoms with E-state index in [1.807, 2.05) is 24.3 Å². The number of piperazine rings is 1. The summed E-state index contributed by atoms with van der Waals surface area (Å²) in [5.74, 6) is -0.192. The van der Waals surface area contributed by atoms with E-state index in [-0.39, 0.29) is 10.8 Å². The van der Waals surface area contributed by atoms with Gasteiger partial charge in [0.25, 0.3) is 0 Å². The molecule has 3 rings (SSSR count). The van der Waals surface area contributed by atoms with Crippen molar-refractivity contribution in [2.45, 2.75) is 25.2 Å². The standard InChI is InChI=1S/C22H29ClN4O3S/c1-17-16-20(25-18(2)28)6-9-22(17)31(29,30)24-10-3-11-26-12-14-27(15-13-26)21-7-4-19(23)5-8-21/h4-9,16,24H,3,10-15H2,1-2H3,(H,25,28). The van der Waals surface area contributed by atoms with Gasteiger partial charge in [0.05, 0.1) is 4.90 Å². The molecule has 1 amide bonds. The highest BCUT2D eigenvalue weighted by atomic mass is 35.5. The first kappa shape index (κ1) is 23.5. The van der Waals surface area contributed by atoms with Crippen molar-refractivity contribution < 1.29 is 13.2 Å². The lowest BCUT2D eigenvalue weighted by Crippen LogP contribution is -2.47. The molecule has 0 unspecified atom stereocenters. The number of hydrogen-bond donors (Lipinski definition) is 2. The molecule has 1 aliphatic rings. The number of nitrogens with zero attached hydrogens (tertiary/aromatic N) is 2. The van der Waals surface area contributed by atoms with Gasteiger partial charge in [0.15, 0.2) is 0 Å². The summed E-state index contributed by atoms with van der Waals surface area (Å²) in [5, 5.41) is 3.40. The maximum absolute atomic E-state index is 12.6. The Morgan fingerprint density at radius 2 is 1.74 bits per heavy atom. The molecular formula is C22H29ClN4O3S. The SMILES string of the molecule is CC(=O)Nc1ccc(S(=O)(=O)NCCCN2CCN(c3ccc(Cl)cc3)CC2)c(C)c1. The second-order valence-electron chi connectivity index (χ2n) is 7.72. The molecule has 2 N–H and O–H groups in total. The minimum absolute atomic E-state index is 0.192. The van der Waals surface area contributed by atoms with Gasteiger partial charge >= 0.3 is 0 Å². The first-order valence-corrected chi connectivity index (χ1v) is 12.2. The lowest BCUT2D eigenvalue weighted by Gasteiger charge is -2.36. The molecule has 2 aromatic rings. The van der Waals surface area contributed by atoms with Gasteiger partial charge in [-0.25, -0.2) is 13.1 Å². The van der Waals surface area contributed by atoms with E-state index in [1.54, 1.807) is 19.1 Å². The lowest BCUT2D eigenvalue weighted by atomic mass is 10.2. The molecule has 31 heavy (non-hydrogen) atoms. The van der Waals surface area contributed by atoms with Crippen molar-refractivity contribution in [1.82, 2.24) is 9.62 Å². The van der Waals surface area contributed by atoms with Crippen LogP contribution in [0.5, 0.6) is 0 Å². The Labute approximate surface area is 189 Å². The van der Waals surface area contributed by atoms with Crippen LogP contribution in [0.15, 0.2) is 47.4 Å². The van der Waals surface area contributed by atoms with Crippen LogP contribution < -0.4 is 14.9 Å². The number of sulfonamides is 1. The summed E-state index contributed by atoms with van der Waals surface area (Å²) in [6.07, 6.45) is 0.739. The zero-order valence-electron chi connectivity index (χ0n) is 17.9. The molecule has 0 aliphatic carbocycles.